The smallest absolute Gasteiger partial charge is 0.318 e. The highest BCUT2D eigenvalue weighted by Gasteiger charge is 2.76. The van der Waals surface area contributed by atoms with Gasteiger partial charge in [-0.15, -0.1) is 6.58 Å². The van der Waals surface area contributed by atoms with Gasteiger partial charge in [-0.2, -0.15) is 0 Å². The van der Waals surface area contributed by atoms with Crippen LogP contribution in [0.3, 0.4) is 0 Å². The van der Waals surface area contributed by atoms with Crippen LogP contribution in [0, 0.1) is 41.4 Å². The molecule has 4 fully saturated rings. The monoisotopic (exact) mass is 262 g/mol. The van der Waals surface area contributed by atoms with E-state index in [0.29, 0.717) is 0 Å². The minimum absolute atomic E-state index is 0.201. The standard InChI is InChI=1S/C13H10O6/c1-2-3-4-6(8-5(3)10(14)18-12(8)16)9-7(4)11(15)19-13(9)17/h2-9H,1H2. The second kappa shape index (κ2) is 3.12. The molecule has 0 N–H and O–H groups in total. The molecule has 6 nitrogen and oxygen atoms in total. The summed E-state index contributed by atoms with van der Waals surface area (Å²) in [6, 6.07) is 0. The molecular formula is C13H10O6. The first-order valence-electron chi connectivity index (χ1n) is 6.20. The molecule has 0 amide bonds. The number of hydrogen-bond acceptors (Lipinski definition) is 6. The molecule has 2 heterocycles. The van der Waals surface area contributed by atoms with Crippen LogP contribution in [0.4, 0.5) is 0 Å². The lowest BCUT2D eigenvalue weighted by Gasteiger charge is -2.43. The lowest BCUT2D eigenvalue weighted by molar-refractivity contribution is -0.160. The SMILES string of the molecule is C=CC1C2C(=O)OC(=O)C2C2C3C(=O)OC(=O)C3C12. The fraction of sp³-hybridized carbons (Fsp3) is 0.538. The Balaban J connectivity index is 1.81. The van der Waals surface area contributed by atoms with Crippen molar-refractivity contribution < 1.29 is 28.7 Å². The Morgan fingerprint density at radius 3 is 1.68 bits per heavy atom. The predicted octanol–water partition coefficient (Wildman–Crippen LogP) is -0.320. The van der Waals surface area contributed by atoms with Crippen LogP contribution in [0.2, 0.25) is 0 Å². The van der Waals surface area contributed by atoms with Gasteiger partial charge in [-0.1, -0.05) is 6.08 Å². The first kappa shape index (κ1) is 10.9. The van der Waals surface area contributed by atoms with Gasteiger partial charge in [0.2, 0.25) is 0 Å². The molecule has 2 saturated heterocycles. The van der Waals surface area contributed by atoms with Gasteiger partial charge in [0.1, 0.15) is 0 Å². The van der Waals surface area contributed by atoms with Gasteiger partial charge in [0.05, 0.1) is 23.7 Å². The zero-order valence-electron chi connectivity index (χ0n) is 9.78. The molecule has 0 spiro atoms. The summed E-state index contributed by atoms with van der Waals surface area (Å²) in [4.78, 5) is 46.8. The van der Waals surface area contributed by atoms with E-state index in [1.165, 1.54) is 0 Å². The minimum Gasteiger partial charge on any atom is -0.393 e. The molecule has 4 rings (SSSR count). The fourth-order valence-corrected chi connectivity index (χ4v) is 4.48. The largest absolute Gasteiger partial charge is 0.393 e. The van der Waals surface area contributed by atoms with Gasteiger partial charge in [-0.3, -0.25) is 19.2 Å². The number of hydrogen-bond donors (Lipinski definition) is 0. The van der Waals surface area contributed by atoms with E-state index in [4.69, 9.17) is 0 Å². The first-order chi connectivity index (χ1) is 9.06. The van der Waals surface area contributed by atoms with Crippen LogP contribution in [0.5, 0.6) is 0 Å². The molecule has 2 aliphatic heterocycles. The second-order valence-corrected chi connectivity index (χ2v) is 5.55. The number of carbonyl (C=O) groups excluding carboxylic acids is 4. The highest BCUT2D eigenvalue weighted by molar-refractivity contribution is 6.02. The van der Waals surface area contributed by atoms with Crippen LogP contribution < -0.4 is 0 Å². The quantitative estimate of drug-likeness (QED) is 0.365. The summed E-state index contributed by atoms with van der Waals surface area (Å²) in [5.74, 6) is -5.41. The van der Waals surface area contributed by atoms with Gasteiger partial charge in [0.15, 0.2) is 0 Å². The van der Waals surface area contributed by atoms with E-state index in [1.807, 2.05) is 0 Å². The lowest BCUT2D eigenvalue weighted by Crippen LogP contribution is -2.50. The number of rotatable bonds is 1. The Hall–Kier alpha value is -1.98. The van der Waals surface area contributed by atoms with Gasteiger partial charge in [-0.05, 0) is 17.8 Å². The molecule has 2 saturated carbocycles. The number of fused-ring (bicyclic) bond motifs is 6. The maximum atomic E-state index is 11.8. The van der Waals surface area contributed by atoms with Crippen molar-refractivity contribution in [2.24, 2.45) is 41.4 Å². The molecular weight excluding hydrogens is 252 g/mol. The van der Waals surface area contributed by atoms with Gasteiger partial charge in [0, 0.05) is 0 Å². The Bertz CT molecular complexity index is 563. The fourth-order valence-electron chi connectivity index (χ4n) is 4.48. The van der Waals surface area contributed by atoms with Crippen LogP contribution in [-0.4, -0.2) is 23.9 Å². The number of carbonyl (C=O) groups is 4. The molecule has 7 unspecified atom stereocenters. The lowest BCUT2D eigenvalue weighted by atomic mass is 9.55. The molecule has 6 heteroatoms. The highest BCUT2D eigenvalue weighted by atomic mass is 16.6. The molecule has 4 aliphatic rings. The molecule has 0 aromatic carbocycles. The van der Waals surface area contributed by atoms with Crippen molar-refractivity contribution in [2.75, 3.05) is 0 Å². The summed E-state index contributed by atoms with van der Waals surface area (Å²) in [5.41, 5.74) is 0. The number of ether oxygens (including phenoxy) is 2. The third kappa shape index (κ3) is 1.00. The number of esters is 4. The third-order valence-electron chi connectivity index (χ3n) is 5.08. The number of allylic oxidation sites excluding steroid dienone is 1. The minimum atomic E-state index is -0.625. The van der Waals surface area contributed by atoms with Gasteiger partial charge >= 0.3 is 23.9 Å². The van der Waals surface area contributed by atoms with Crippen LogP contribution in [0.1, 0.15) is 0 Å². The summed E-state index contributed by atoms with van der Waals surface area (Å²) in [6.07, 6.45) is 1.59. The molecule has 19 heavy (non-hydrogen) atoms. The first-order valence-corrected chi connectivity index (χ1v) is 6.20. The molecule has 0 aromatic heterocycles. The van der Waals surface area contributed by atoms with E-state index in [1.54, 1.807) is 6.08 Å². The molecule has 0 bridgehead atoms. The van der Waals surface area contributed by atoms with Crippen LogP contribution in [0.25, 0.3) is 0 Å². The second-order valence-electron chi connectivity index (χ2n) is 5.55. The van der Waals surface area contributed by atoms with Crippen molar-refractivity contribution in [3.05, 3.63) is 12.7 Å². The average molecular weight is 262 g/mol. The molecule has 98 valence electrons. The third-order valence-corrected chi connectivity index (χ3v) is 5.08. The Morgan fingerprint density at radius 2 is 1.16 bits per heavy atom. The van der Waals surface area contributed by atoms with Crippen molar-refractivity contribution in [3.8, 4) is 0 Å². The van der Waals surface area contributed by atoms with Gasteiger partial charge in [0.25, 0.3) is 0 Å². The topological polar surface area (TPSA) is 86.7 Å². The summed E-state index contributed by atoms with van der Waals surface area (Å²) in [6.45, 7) is 3.68. The van der Waals surface area contributed by atoms with Gasteiger partial charge in [-0.25, -0.2) is 0 Å². The summed E-state index contributed by atoms with van der Waals surface area (Å²) in [7, 11) is 0. The van der Waals surface area contributed by atoms with Crippen molar-refractivity contribution >= 4 is 23.9 Å². The van der Waals surface area contributed by atoms with Crippen LogP contribution in [-0.2, 0) is 28.7 Å². The average Bonchev–Trinajstić information content (AvgIpc) is 2.82. The van der Waals surface area contributed by atoms with E-state index >= 15 is 0 Å². The normalized spacial score (nSPS) is 50.0. The van der Waals surface area contributed by atoms with Crippen molar-refractivity contribution in [3.63, 3.8) is 0 Å². The van der Waals surface area contributed by atoms with Crippen molar-refractivity contribution in [1.82, 2.24) is 0 Å². The molecule has 7 atom stereocenters. The zero-order valence-corrected chi connectivity index (χ0v) is 9.78. The summed E-state index contributed by atoms with van der Waals surface area (Å²) >= 11 is 0. The Kier molecular flexibility index (Phi) is 1.79. The maximum Gasteiger partial charge on any atom is 0.318 e. The number of cyclic esters (lactones) is 4. The highest BCUT2D eigenvalue weighted by Crippen LogP contribution is 2.66. The van der Waals surface area contributed by atoms with Crippen molar-refractivity contribution in [2.45, 2.75) is 0 Å². The molecule has 0 radical (unpaired) electrons. The molecule has 0 aromatic rings. The van der Waals surface area contributed by atoms with Gasteiger partial charge < -0.3 is 9.47 Å². The summed E-state index contributed by atoms with van der Waals surface area (Å²) in [5, 5.41) is 0. The van der Waals surface area contributed by atoms with E-state index < -0.39 is 47.5 Å². The molecule has 2 aliphatic carbocycles. The summed E-state index contributed by atoms with van der Waals surface area (Å²) < 4.78 is 9.30. The van der Waals surface area contributed by atoms with Crippen LogP contribution in [0.15, 0.2) is 12.7 Å². The van der Waals surface area contributed by atoms with E-state index in [9.17, 15) is 19.2 Å². The van der Waals surface area contributed by atoms with Crippen LogP contribution >= 0.6 is 0 Å². The van der Waals surface area contributed by atoms with E-state index in [-0.39, 0.29) is 17.8 Å². The van der Waals surface area contributed by atoms with E-state index in [0.717, 1.165) is 0 Å². The zero-order chi connectivity index (χ0) is 13.5. The maximum absolute atomic E-state index is 11.8. The Labute approximate surface area is 107 Å². The van der Waals surface area contributed by atoms with E-state index in [2.05, 4.69) is 16.1 Å². The Morgan fingerprint density at radius 1 is 0.737 bits per heavy atom. The predicted molar refractivity (Wildman–Crippen MR) is 56.8 cm³/mol. The van der Waals surface area contributed by atoms with Crippen molar-refractivity contribution in [1.29, 1.82) is 0 Å².